The third-order valence-electron chi connectivity index (χ3n) is 4.68. The largest absolute Gasteiger partial charge is 0.320 e. The van der Waals surface area contributed by atoms with Crippen LogP contribution in [0.2, 0.25) is 0 Å². The van der Waals surface area contributed by atoms with Gasteiger partial charge in [-0.25, -0.2) is 0 Å². The van der Waals surface area contributed by atoms with Gasteiger partial charge in [-0.05, 0) is 34.0 Å². The van der Waals surface area contributed by atoms with Crippen molar-refractivity contribution in [1.82, 2.24) is 4.57 Å². The van der Waals surface area contributed by atoms with Gasteiger partial charge in [-0.15, -0.1) is 0 Å². The first-order valence-corrected chi connectivity index (χ1v) is 7.42. The number of nitrogens with zero attached hydrogens (tertiary/aromatic N) is 1. The third-order valence-corrected chi connectivity index (χ3v) is 4.68. The summed E-state index contributed by atoms with van der Waals surface area (Å²) in [4.78, 5) is 12.0. The third kappa shape index (κ3) is 1.75. The molecule has 1 aliphatic rings. The summed E-state index contributed by atoms with van der Waals surface area (Å²) in [5.41, 5.74) is 2.14. The predicted molar refractivity (Wildman–Crippen MR) is 85.7 cm³/mol. The molecule has 0 spiro atoms. The smallest absolute Gasteiger partial charge is 0.146 e. The van der Waals surface area contributed by atoms with Crippen LogP contribution in [0, 0.1) is 5.41 Å². The summed E-state index contributed by atoms with van der Waals surface area (Å²) in [6.07, 6.45) is 4.15. The lowest BCUT2D eigenvalue weighted by Gasteiger charge is -2.26. The van der Waals surface area contributed by atoms with Crippen LogP contribution in [0.3, 0.4) is 0 Å². The number of aldehydes is 1. The summed E-state index contributed by atoms with van der Waals surface area (Å²) >= 11 is 0. The van der Waals surface area contributed by atoms with E-state index in [0.717, 1.165) is 6.29 Å². The van der Waals surface area contributed by atoms with Gasteiger partial charge in [-0.1, -0.05) is 42.5 Å². The van der Waals surface area contributed by atoms with Crippen molar-refractivity contribution in [2.75, 3.05) is 0 Å². The standard InChI is InChI=1S/C19H16N2O/c20-18-7-3-4-10-21(18)19(13-22)11-15-9-8-14-5-1-2-6-16(14)17(15)12-19/h1-10,13,20H,11-12H2. The van der Waals surface area contributed by atoms with Crippen LogP contribution in [-0.2, 0) is 23.2 Å². The number of pyridine rings is 1. The minimum absolute atomic E-state index is 0.367. The second-order valence-corrected chi connectivity index (χ2v) is 5.96. The lowest BCUT2D eigenvalue weighted by atomic mass is 9.96. The van der Waals surface area contributed by atoms with Crippen LogP contribution in [0.5, 0.6) is 0 Å². The molecule has 3 heteroatoms. The molecule has 1 unspecified atom stereocenters. The van der Waals surface area contributed by atoms with Crippen LogP contribution in [0.1, 0.15) is 11.1 Å². The summed E-state index contributed by atoms with van der Waals surface area (Å²) < 4.78 is 1.80. The highest BCUT2D eigenvalue weighted by Gasteiger charge is 2.39. The van der Waals surface area contributed by atoms with Crippen LogP contribution in [0.4, 0.5) is 0 Å². The zero-order chi connectivity index (χ0) is 15.2. The van der Waals surface area contributed by atoms with Crippen LogP contribution in [-0.4, -0.2) is 10.9 Å². The summed E-state index contributed by atoms with van der Waals surface area (Å²) in [5.74, 6) is 0. The Morgan fingerprint density at radius 1 is 1.00 bits per heavy atom. The highest BCUT2D eigenvalue weighted by molar-refractivity contribution is 5.88. The molecule has 4 rings (SSSR count). The lowest BCUT2D eigenvalue weighted by Crippen LogP contribution is -2.42. The molecule has 22 heavy (non-hydrogen) atoms. The lowest BCUT2D eigenvalue weighted by molar-refractivity contribution is -0.115. The molecule has 0 amide bonds. The Bertz CT molecular complexity index is 941. The average molecular weight is 288 g/mol. The van der Waals surface area contributed by atoms with Gasteiger partial charge in [0, 0.05) is 19.0 Å². The van der Waals surface area contributed by atoms with Gasteiger partial charge in [-0.3, -0.25) is 5.41 Å². The number of carbonyl (C=O) groups is 1. The van der Waals surface area contributed by atoms with Crippen molar-refractivity contribution in [2.45, 2.75) is 18.4 Å². The molecule has 1 N–H and O–H groups in total. The highest BCUT2D eigenvalue weighted by atomic mass is 16.1. The van der Waals surface area contributed by atoms with Gasteiger partial charge in [0.05, 0.1) is 0 Å². The number of benzene rings is 2. The molecule has 108 valence electrons. The maximum absolute atomic E-state index is 12.0. The molecule has 1 heterocycles. The van der Waals surface area contributed by atoms with Crippen molar-refractivity contribution >= 4 is 17.1 Å². The maximum Gasteiger partial charge on any atom is 0.146 e. The Morgan fingerprint density at radius 2 is 1.82 bits per heavy atom. The summed E-state index contributed by atoms with van der Waals surface area (Å²) in [7, 11) is 0. The Hall–Kier alpha value is -2.68. The van der Waals surface area contributed by atoms with E-state index in [1.807, 2.05) is 30.5 Å². The van der Waals surface area contributed by atoms with Gasteiger partial charge in [0.1, 0.15) is 17.3 Å². The van der Waals surface area contributed by atoms with Crippen molar-refractivity contribution in [3.63, 3.8) is 0 Å². The van der Waals surface area contributed by atoms with E-state index in [1.165, 1.54) is 21.9 Å². The van der Waals surface area contributed by atoms with Crippen molar-refractivity contribution in [2.24, 2.45) is 0 Å². The molecule has 1 aromatic heterocycles. The topological polar surface area (TPSA) is 45.9 Å². The van der Waals surface area contributed by atoms with Gasteiger partial charge in [0.2, 0.25) is 0 Å². The number of carbonyl (C=O) groups excluding carboxylic acids is 1. The Kier molecular flexibility index (Phi) is 2.76. The number of fused-ring (bicyclic) bond motifs is 3. The zero-order valence-electron chi connectivity index (χ0n) is 12.1. The first kappa shape index (κ1) is 13.0. The van der Waals surface area contributed by atoms with E-state index in [4.69, 9.17) is 5.41 Å². The number of hydrogen-bond donors (Lipinski definition) is 1. The monoisotopic (exact) mass is 288 g/mol. The Morgan fingerprint density at radius 3 is 2.64 bits per heavy atom. The summed E-state index contributed by atoms with van der Waals surface area (Å²) in [6, 6.07) is 18.0. The number of nitrogens with one attached hydrogen (secondary N) is 1. The molecular weight excluding hydrogens is 272 g/mol. The van der Waals surface area contributed by atoms with E-state index in [0.29, 0.717) is 18.3 Å². The van der Waals surface area contributed by atoms with Gasteiger partial charge in [-0.2, -0.15) is 0 Å². The molecule has 1 atom stereocenters. The van der Waals surface area contributed by atoms with Gasteiger partial charge in [0.25, 0.3) is 0 Å². The summed E-state index contributed by atoms with van der Waals surface area (Å²) in [6.45, 7) is 0. The predicted octanol–water partition coefficient (Wildman–Crippen LogP) is 2.81. The average Bonchev–Trinajstić information content (AvgIpc) is 2.95. The maximum atomic E-state index is 12.0. The van der Waals surface area contributed by atoms with E-state index in [-0.39, 0.29) is 0 Å². The van der Waals surface area contributed by atoms with E-state index in [2.05, 4.69) is 24.3 Å². The van der Waals surface area contributed by atoms with Crippen molar-refractivity contribution in [1.29, 1.82) is 5.41 Å². The van der Waals surface area contributed by atoms with Crippen LogP contribution < -0.4 is 5.49 Å². The molecule has 1 aliphatic carbocycles. The molecule has 3 nitrogen and oxygen atoms in total. The van der Waals surface area contributed by atoms with Gasteiger partial charge >= 0.3 is 0 Å². The fraction of sp³-hybridized carbons (Fsp3) is 0.158. The molecular formula is C19H16N2O. The molecule has 0 radical (unpaired) electrons. The minimum Gasteiger partial charge on any atom is -0.320 e. The molecule has 0 fully saturated rings. The van der Waals surface area contributed by atoms with E-state index < -0.39 is 5.54 Å². The van der Waals surface area contributed by atoms with Crippen LogP contribution in [0.15, 0.2) is 60.8 Å². The second-order valence-electron chi connectivity index (χ2n) is 5.96. The molecule has 0 aliphatic heterocycles. The van der Waals surface area contributed by atoms with Crippen LogP contribution in [0.25, 0.3) is 10.8 Å². The van der Waals surface area contributed by atoms with Crippen molar-refractivity contribution in [3.05, 3.63) is 77.4 Å². The van der Waals surface area contributed by atoms with Crippen LogP contribution >= 0.6 is 0 Å². The quantitative estimate of drug-likeness (QED) is 0.724. The molecule has 0 saturated heterocycles. The first-order valence-electron chi connectivity index (χ1n) is 7.42. The molecule has 0 saturated carbocycles. The first-order chi connectivity index (χ1) is 10.7. The van der Waals surface area contributed by atoms with E-state index in [9.17, 15) is 4.79 Å². The van der Waals surface area contributed by atoms with Gasteiger partial charge in [0.15, 0.2) is 0 Å². The second kappa shape index (κ2) is 4.67. The Labute approximate surface area is 128 Å². The van der Waals surface area contributed by atoms with Gasteiger partial charge < -0.3 is 9.36 Å². The number of hydrogen-bond acceptors (Lipinski definition) is 2. The zero-order valence-corrected chi connectivity index (χ0v) is 12.1. The number of rotatable bonds is 2. The fourth-order valence-corrected chi connectivity index (χ4v) is 3.60. The highest BCUT2D eigenvalue weighted by Crippen LogP contribution is 2.37. The minimum atomic E-state index is -0.676. The van der Waals surface area contributed by atoms with Crippen molar-refractivity contribution in [3.8, 4) is 0 Å². The molecule has 0 bridgehead atoms. The number of aromatic nitrogens is 1. The van der Waals surface area contributed by atoms with E-state index >= 15 is 0 Å². The van der Waals surface area contributed by atoms with Crippen molar-refractivity contribution < 1.29 is 4.79 Å². The normalized spacial score (nSPS) is 20.0. The summed E-state index contributed by atoms with van der Waals surface area (Å²) in [5, 5.41) is 10.6. The molecule has 3 aromatic rings. The Balaban J connectivity index is 1.93. The molecule has 2 aromatic carbocycles. The van der Waals surface area contributed by atoms with E-state index in [1.54, 1.807) is 10.6 Å². The fourth-order valence-electron chi connectivity index (χ4n) is 3.60. The SMILES string of the molecule is N=c1ccccn1C1(C=O)Cc2ccc3ccccc3c2C1.